The highest BCUT2D eigenvalue weighted by Gasteiger charge is 2.18. The first-order valence-electron chi connectivity index (χ1n) is 38.1. The van der Waals surface area contributed by atoms with E-state index in [1.807, 2.05) is 6.08 Å². The van der Waals surface area contributed by atoms with Crippen molar-refractivity contribution in [3.63, 3.8) is 0 Å². The number of allylic oxidation sites excluding steroid dienone is 3. The molecule has 0 rings (SSSR count). The number of hydrogen-bond acceptors (Lipinski definition) is 5. The molecule has 0 heterocycles. The molecule has 0 aromatic heterocycles. The van der Waals surface area contributed by atoms with E-state index in [1.54, 1.807) is 6.08 Å². The molecule has 0 spiro atoms. The monoisotopic (exact) mass is 1170 g/mol. The van der Waals surface area contributed by atoms with Gasteiger partial charge in [0.1, 0.15) is 0 Å². The van der Waals surface area contributed by atoms with Crippen LogP contribution in [0.4, 0.5) is 0 Å². The summed E-state index contributed by atoms with van der Waals surface area (Å²) < 4.78 is 5.52. The zero-order valence-electron chi connectivity index (χ0n) is 56.5. The molecule has 83 heavy (non-hydrogen) atoms. The Morgan fingerprint density at radius 2 is 0.566 bits per heavy atom. The number of carbonyl (C=O) groups excluding carboxylic acids is 2. The summed E-state index contributed by atoms with van der Waals surface area (Å²) in [7, 11) is 0. The molecule has 2 unspecified atom stereocenters. The topological polar surface area (TPSA) is 95.9 Å². The van der Waals surface area contributed by atoms with Gasteiger partial charge >= 0.3 is 5.97 Å². The second kappa shape index (κ2) is 72.8. The number of carbonyl (C=O) groups is 2. The summed E-state index contributed by atoms with van der Waals surface area (Å²) in [5, 5.41) is 23.2. The maximum Gasteiger partial charge on any atom is 0.305 e. The van der Waals surface area contributed by atoms with Crippen molar-refractivity contribution in [1.29, 1.82) is 0 Å². The normalized spacial score (nSPS) is 12.6. The Bertz CT molecular complexity index is 1300. The molecule has 0 aromatic carbocycles. The second-order valence-electron chi connectivity index (χ2n) is 26.3. The lowest BCUT2D eigenvalue weighted by Crippen LogP contribution is -2.45. The number of aliphatic hydroxyl groups excluding tert-OH is 2. The standard InChI is InChI=1S/C77H149NO5/c1-3-5-7-9-11-13-15-17-19-21-39-43-47-51-55-59-63-67-71-77(82)83-72-68-64-60-56-52-48-44-40-37-35-33-31-29-27-25-23-22-24-26-28-30-32-34-36-38-42-46-50-54-58-62-66-70-76(81)78-74(73-79)75(80)69-65-61-57-53-49-45-41-20-18-16-14-12-10-8-6-4-2/h25,27,65,69,74-75,79-80H,3-24,26,28-64,66-68,70-73H2,1-2H3,(H,78,81)/b27-25-,69-65+. The quantitative estimate of drug-likeness (QED) is 0.0320. The molecular formula is C77H149NO5. The first-order chi connectivity index (χ1) is 41.0. The highest BCUT2D eigenvalue weighted by molar-refractivity contribution is 5.76. The molecule has 6 heteroatoms. The predicted molar refractivity (Wildman–Crippen MR) is 366 cm³/mol. The van der Waals surface area contributed by atoms with Crippen molar-refractivity contribution >= 4 is 11.9 Å². The third-order valence-corrected chi connectivity index (χ3v) is 18.0. The summed E-state index contributed by atoms with van der Waals surface area (Å²) in [6, 6.07) is -0.626. The van der Waals surface area contributed by atoms with Gasteiger partial charge in [0, 0.05) is 12.8 Å². The van der Waals surface area contributed by atoms with Gasteiger partial charge in [0.15, 0.2) is 0 Å². The van der Waals surface area contributed by atoms with Crippen molar-refractivity contribution in [2.45, 2.75) is 443 Å². The number of rotatable bonds is 72. The lowest BCUT2D eigenvalue weighted by molar-refractivity contribution is -0.143. The van der Waals surface area contributed by atoms with Crippen LogP contribution in [0.2, 0.25) is 0 Å². The molecule has 0 bridgehead atoms. The molecule has 0 aliphatic heterocycles. The van der Waals surface area contributed by atoms with E-state index in [4.69, 9.17) is 4.74 Å². The Morgan fingerprint density at radius 3 is 0.855 bits per heavy atom. The summed E-state index contributed by atoms with van der Waals surface area (Å²) in [4.78, 5) is 24.6. The Morgan fingerprint density at radius 1 is 0.325 bits per heavy atom. The van der Waals surface area contributed by atoms with Crippen LogP contribution in [0.5, 0.6) is 0 Å². The minimum absolute atomic E-state index is 0.0232. The molecule has 0 radical (unpaired) electrons. The third kappa shape index (κ3) is 69.3. The highest BCUT2D eigenvalue weighted by Crippen LogP contribution is 2.19. The smallest absolute Gasteiger partial charge is 0.305 e. The minimum atomic E-state index is -0.842. The van der Waals surface area contributed by atoms with Crippen molar-refractivity contribution < 1.29 is 24.5 Å². The Balaban J connectivity index is 3.35. The molecule has 3 N–H and O–H groups in total. The molecular weight excluding hydrogens is 1020 g/mol. The average molecular weight is 1170 g/mol. The van der Waals surface area contributed by atoms with Gasteiger partial charge in [0.25, 0.3) is 0 Å². The maximum atomic E-state index is 12.5. The number of unbranched alkanes of at least 4 members (excludes halogenated alkanes) is 59. The van der Waals surface area contributed by atoms with E-state index in [9.17, 15) is 19.8 Å². The van der Waals surface area contributed by atoms with Crippen LogP contribution in [-0.4, -0.2) is 47.4 Å². The maximum absolute atomic E-state index is 12.5. The van der Waals surface area contributed by atoms with Crippen LogP contribution in [0.25, 0.3) is 0 Å². The van der Waals surface area contributed by atoms with Crippen LogP contribution in [0.3, 0.4) is 0 Å². The number of nitrogens with one attached hydrogen (secondary N) is 1. The van der Waals surface area contributed by atoms with Crippen LogP contribution >= 0.6 is 0 Å². The molecule has 0 saturated carbocycles. The van der Waals surface area contributed by atoms with Gasteiger partial charge in [-0.05, 0) is 57.8 Å². The van der Waals surface area contributed by atoms with Gasteiger partial charge in [-0.25, -0.2) is 0 Å². The van der Waals surface area contributed by atoms with E-state index in [-0.39, 0.29) is 18.5 Å². The summed E-state index contributed by atoms with van der Waals surface area (Å²) in [6.45, 7) is 4.95. The first kappa shape index (κ1) is 81.3. The highest BCUT2D eigenvalue weighted by atomic mass is 16.5. The average Bonchev–Trinajstić information content (AvgIpc) is 3.49. The van der Waals surface area contributed by atoms with Crippen LogP contribution in [0.15, 0.2) is 24.3 Å². The van der Waals surface area contributed by atoms with Gasteiger partial charge in [-0.1, -0.05) is 385 Å². The summed E-state index contributed by atoms with van der Waals surface area (Å²) in [6.07, 6.45) is 92.9. The zero-order valence-corrected chi connectivity index (χ0v) is 56.5. The third-order valence-electron chi connectivity index (χ3n) is 18.0. The molecule has 0 aliphatic carbocycles. The van der Waals surface area contributed by atoms with Gasteiger partial charge in [0.05, 0.1) is 25.4 Å². The number of ether oxygens (including phenoxy) is 1. The molecule has 6 nitrogen and oxygen atoms in total. The lowest BCUT2D eigenvalue weighted by Gasteiger charge is -2.20. The summed E-state index contributed by atoms with van der Waals surface area (Å²) >= 11 is 0. The molecule has 0 fully saturated rings. The molecule has 2 atom stereocenters. The first-order valence-corrected chi connectivity index (χ1v) is 38.1. The largest absolute Gasteiger partial charge is 0.466 e. The van der Waals surface area contributed by atoms with Crippen LogP contribution in [0, 0.1) is 0 Å². The Labute approximate surface area is 520 Å². The lowest BCUT2D eigenvalue weighted by atomic mass is 10.0. The SMILES string of the molecule is CCCCCCCCCCCCCCCC/C=C/C(O)C(CO)NC(=O)CCCCCCCCCCCCCCCCCC/C=C\CCCCCCCCCCCCCCOC(=O)CCCCCCCCCCCCCCCCCCCC. The van der Waals surface area contributed by atoms with Crippen molar-refractivity contribution in [3.05, 3.63) is 24.3 Å². The van der Waals surface area contributed by atoms with Crippen molar-refractivity contribution in [2.75, 3.05) is 13.2 Å². The van der Waals surface area contributed by atoms with E-state index >= 15 is 0 Å². The minimum Gasteiger partial charge on any atom is -0.466 e. The van der Waals surface area contributed by atoms with Crippen LogP contribution in [0.1, 0.15) is 431 Å². The van der Waals surface area contributed by atoms with Crippen LogP contribution < -0.4 is 5.32 Å². The van der Waals surface area contributed by atoms with Gasteiger partial charge < -0.3 is 20.3 Å². The van der Waals surface area contributed by atoms with Crippen molar-refractivity contribution in [1.82, 2.24) is 5.32 Å². The van der Waals surface area contributed by atoms with E-state index in [2.05, 4.69) is 31.3 Å². The fourth-order valence-corrected chi connectivity index (χ4v) is 12.2. The fraction of sp³-hybridized carbons (Fsp3) is 0.922. The summed E-state index contributed by atoms with van der Waals surface area (Å²) in [5.41, 5.74) is 0. The predicted octanol–water partition coefficient (Wildman–Crippen LogP) is 24.9. The number of esters is 1. The molecule has 0 saturated heterocycles. The Hall–Kier alpha value is -1.66. The number of aliphatic hydroxyl groups is 2. The molecule has 492 valence electrons. The van der Waals surface area contributed by atoms with Gasteiger partial charge in [-0.2, -0.15) is 0 Å². The fourth-order valence-electron chi connectivity index (χ4n) is 12.2. The Kier molecular flexibility index (Phi) is 71.4. The van der Waals surface area contributed by atoms with E-state index in [0.29, 0.717) is 19.4 Å². The van der Waals surface area contributed by atoms with E-state index in [1.165, 1.54) is 366 Å². The van der Waals surface area contributed by atoms with Crippen LogP contribution in [-0.2, 0) is 14.3 Å². The van der Waals surface area contributed by atoms with Crippen molar-refractivity contribution in [2.24, 2.45) is 0 Å². The number of amides is 1. The zero-order chi connectivity index (χ0) is 59.9. The molecule has 0 aromatic rings. The number of hydrogen-bond donors (Lipinski definition) is 3. The van der Waals surface area contributed by atoms with E-state index in [0.717, 1.165) is 38.5 Å². The molecule has 1 amide bonds. The summed E-state index contributed by atoms with van der Waals surface area (Å²) in [5.74, 6) is -0.0389. The van der Waals surface area contributed by atoms with Gasteiger partial charge in [-0.15, -0.1) is 0 Å². The second-order valence-corrected chi connectivity index (χ2v) is 26.3. The van der Waals surface area contributed by atoms with E-state index < -0.39 is 12.1 Å². The van der Waals surface area contributed by atoms with Crippen molar-refractivity contribution in [3.8, 4) is 0 Å². The van der Waals surface area contributed by atoms with Gasteiger partial charge in [0.2, 0.25) is 5.91 Å². The van der Waals surface area contributed by atoms with Gasteiger partial charge in [-0.3, -0.25) is 9.59 Å². The molecule has 0 aliphatic rings.